The van der Waals surface area contributed by atoms with Crippen molar-refractivity contribution >= 4 is 27.9 Å². The van der Waals surface area contributed by atoms with Crippen LogP contribution in [-0.4, -0.2) is 20.1 Å². The minimum atomic E-state index is -0.130. The predicted molar refractivity (Wildman–Crippen MR) is 206 cm³/mol. The molecule has 6 bridgehead atoms. The van der Waals surface area contributed by atoms with Gasteiger partial charge in [-0.05, 0) is 64.7 Å². The minimum Gasteiger partial charge on any atom is -0.354 e. The molecule has 4 aliphatic rings. The highest BCUT2D eigenvalue weighted by molar-refractivity contribution is 6.30. The maximum Gasteiger partial charge on any atom is 0.257 e. The second kappa shape index (κ2) is 11.6. The fraction of sp³-hybridized carbons (Fsp3) is 0. The number of aromatic nitrogens is 3. The molecule has 0 aliphatic carbocycles. The molecular weight excluding hydrogens is 625 g/mol. The van der Waals surface area contributed by atoms with E-state index in [1.807, 2.05) is 48.5 Å². The van der Waals surface area contributed by atoms with E-state index in [0.29, 0.717) is 5.56 Å². The van der Waals surface area contributed by atoms with E-state index < -0.39 is 0 Å². The third-order valence-electron chi connectivity index (χ3n) is 9.95. The van der Waals surface area contributed by atoms with Crippen molar-refractivity contribution in [2.24, 2.45) is 4.99 Å². The molecule has 5 nitrogen and oxygen atoms in total. The second-order valence-electron chi connectivity index (χ2n) is 12.9. The molecule has 2 N–H and O–H groups in total. The largest absolute Gasteiger partial charge is 0.354 e. The topological polar surface area (TPSA) is 65.4 Å². The first kappa shape index (κ1) is 29.0. The quantitative estimate of drug-likeness (QED) is 0.199. The molecule has 5 heteroatoms. The number of allylic oxidation sites excluding steroid dienone is 2. The van der Waals surface area contributed by atoms with Crippen LogP contribution in [0.25, 0.3) is 44.5 Å². The summed E-state index contributed by atoms with van der Waals surface area (Å²) in [5, 5.41) is 1.83. The summed E-state index contributed by atoms with van der Waals surface area (Å²) in [7, 11) is 0. The van der Waals surface area contributed by atoms with E-state index in [9.17, 15) is 4.79 Å². The number of benzene rings is 4. The molecule has 6 aromatic rings. The summed E-state index contributed by atoms with van der Waals surface area (Å²) in [4.78, 5) is 27.0. The fourth-order valence-corrected chi connectivity index (χ4v) is 7.74. The van der Waals surface area contributed by atoms with Gasteiger partial charge in [-0.1, -0.05) is 121 Å². The first-order chi connectivity index (χ1) is 25.2. The Bertz CT molecular complexity index is 2890. The lowest BCUT2D eigenvalue weighted by Crippen LogP contribution is -2.19. The summed E-state index contributed by atoms with van der Waals surface area (Å²) < 4.78 is 2.22. The van der Waals surface area contributed by atoms with Gasteiger partial charge >= 0.3 is 0 Å². The Labute approximate surface area is 293 Å². The zero-order valence-corrected chi connectivity index (χ0v) is 27.5. The van der Waals surface area contributed by atoms with Gasteiger partial charge in [-0.2, -0.15) is 0 Å². The van der Waals surface area contributed by atoms with Gasteiger partial charge in [-0.3, -0.25) is 4.79 Å². The maximum absolute atomic E-state index is 14.4. The third kappa shape index (κ3) is 4.63. The average molecular weight is 655 g/mol. The monoisotopic (exact) mass is 654 g/mol. The van der Waals surface area contributed by atoms with E-state index in [4.69, 9.17) is 4.99 Å². The van der Waals surface area contributed by atoms with E-state index in [1.54, 1.807) is 0 Å². The molecule has 6 heterocycles. The average Bonchev–Trinajstić information content (AvgIpc) is 3.98. The lowest BCUT2D eigenvalue weighted by atomic mass is 9.93. The standard InChI is InChI=1S/C46H30N4O/c51-46-44-33-27-28-50-38(25-26-39(50)43(44)32-19-11-4-12-20-32)41(30-15-7-2-8-16-30)36-23-21-34(47-36)40(29-13-5-1-6-14-29)35-22-24-37(48-35)42(45(33)49-46)31-17-9-3-10-18-31/h1-28,48H,(H,49,51). The van der Waals surface area contributed by atoms with E-state index >= 15 is 0 Å². The Morgan fingerprint density at radius 1 is 0.490 bits per heavy atom. The normalized spacial score (nSPS) is 13.8. The van der Waals surface area contributed by atoms with Crippen molar-refractivity contribution in [1.29, 1.82) is 0 Å². The second-order valence-corrected chi connectivity index (χ2v) is 12.9. The number of nitrogens with one attached hydrogen (secondary N) is 2. The number of aromatic amines is 2. The van der Waals surface area contributed by atoms with Gasteiger partial charge in [-0.25, -0.2) is 4.99 Å². The Morgan fingerprint density at radius 3 is 1.71 bits per heavy atom. The Kier molecular flexibility index (Phi) is 6.58. The highest BCUT2D eigenvalue weighted by Crippen LogP contribution is 2.41. The summed E-state index contributed by atoms with van der Waals surface area (Å²) in [6.45, 7) is 0. The van der Waals surface area contributed by atoms with Crippen molar-refractivity contribution in [3.8, 4) is 22.3 Å². The summed E-state index contributed by atoms with van der Waals surface area (Å²) in [6, 6.07) is 52.0. The molecule has 4 aromatic carbocycles. The van der Waals surface area contributed by atoms with E-state index in [1.165, 1.54) is 0 Å². The van der Waals surface area contributed by atoms with Crippen LogP contribution in [0.4, 0.5) is 0 Å². The number of nitrogens with zero attached hydrogens (tertiary/aromatic N) is 2. The number of fused-ring (bicyclic) bond motifs is 4. The minimum absolute atomic E-state index is 0.130. The smallest absolute Gasteiger partial charge is 0.257 e. The highest BCUT2D eigenvalue weighted by atomic mass is 16.1. The van der Waals surface area contributed by atoms with Crippen LogP contribution < -0.4 is 16.3 Å². The maximum atomic E-state index is 14.4. The molecule has 4 aliphatic heterocycles. The van der Waals surface area contributed by atoms with Crippen LogP contribution in [0, 0.1) is 0 Å². The molecule has 10 rings (SSSR count). The molecule has 0 radical (unpaired) electrons. The fourth-order valence-electron chi connectivity index (χ4n) is 7.74. The van der Waals surface area contributed by atoms with Crippen LogP contribution in [-0.2, 0) is 0 Å². The van der Waals surface area contributed by atoms with E-state index in [0.717, 1.165) is 89.1 Å². The van der Waals surface area contributed by atoms with E-state index in [-0.39, 0.29) is 5.56 Å². The SMILES string of the molecule is O=c1[nH]c2c3ccn4c(ccc4c(-c4ccccc4)c1-3)C(c1ccccc1)=C1C=CC(=N1)C(c1ccccc1)=c1ccc([nH]1)=C2c1ccccc1. The van der Waals surface area contributed by atoms with Crippen LogP contribution in [0.1, 0.15) is 28.1 Å². The van der Waals surface area contributed by atoms with E-state index in [2.05, 4.69) is 136 Å². The van der Waals surface area contributed by atoms with Crippen LogP contribution >= 0.6 is 0 Å². The van der Waals surface area contributed by atoms with Crippen LogP contribution in [0.5, 0.6) is 0 Å². The van der Waals surface area contributed by atoms with Crippen molar-refractivity contribution in [3.05, 3.63) is 225 Å². The molecule has 240 valence electrons. The summed E-state index contributed by atoms with van der Waals surface area (Å²) in [5.41, 5.74) is 13.7. The Hall–Kier alpha value is -6.98. The Balaban J connectivity index is 1.44. The molecule has 0 spiro atoms. The van der Waals surface area contributed by atoms with Crippen molar-refractivity contribution in [1.82, 2.24) is 14.4 Å². The lowest BCUT2D eigenvalue weighted by Gasteiger charge is -2.12. The zero-order valence-electron chi connectivity index (χ0n) is 27.5. The predicted octanol–water partition coefficient (Wildman–Crippen LogP) is 7.96. The molecule has 0 saturated carbocycles. The first-order valence-electron chi connectivity index (χ1n) is 17.1. The Morgan fingerprint density at radius 2 is 1.06 bits per heavy atom. The number of rotatable bonds is 4. The van der Waals surface area contributed by atoms with Gasteiger partial charge in [0, 0.05) is 44.7 Å². The van der Waals surface area contributed by atoms with Gasteiger partial charge in [-0.15, -0.1) is 0 Å². The van der Waals surface area contributed by atoms with Gasteiger partial charge in [0.2, 0.25) is 0 Å². The van der Waals surface area contributed by atoms with Crippen molar-refractivity contribution < 1.29 is 0 Å². The molecule has 0 unspecified atom stereocenters. The van der Waals surface area contributed by atoms with Crippen LogP contribution in [0.15, 0.2) is 185 Å². The lowest BCUT2D eigenvalue weighted by molar-refractivity contribution is 1.17. The van der Waals surface area contributed by atoms with Crippen LogP contribution in [0.3, 0.4) is 0 Å². The molecular formula is C46H30N4O. The third-order valence-corrected chi connectivity index (χ3v) is 9.95. The zero-order chi connectivity index (χ0) is 33.9. The molecule has 0 atom stereocenters. The van der Waals surface area contributed by atoms with Gasteiger partial charge in [0.1, 0.15) is 0 Å². The number of H-pyrrole nitrogens is 2. The summed E-state index contributed by atoms with van der Waals surface area (Å²) in [5.74, 6) is 0. The number of hydrogen-bond acceptors (Lipinski definition) is 2. The number of aliphatic imine (C=N–C) groups is 1. The van der Waals surface area contributed by atoms with Crippen LogP contribution in [0.2, 0.25) is 0 Å². The van der Waals surface area contributed by atoms with Gasteiger partial charge in [0.25, 0.3) is 5.56 Å². The molecule has 2 aromatic heterocycles. The highest BCUT2D eigenvalue weighted by Gasteiger charge is 2.27. The van der Waals surface area contributed by atoms with Gasteiger partial charge in [0.15, 0.2) is 0 Å². The summed E-state index contributed by atoms with van der Waals surface area (Å²) in [6.07, 6.45) is 6.35. The number of hydrogen-bond donors (Lipinski definition) is 2. The molecule has 0 fully saturated rings. The summed E-state index contributed by atoms with van der Waals surface area (Å²) >= 11 is 0. The van der Waals surface area contributed by atoms with Crippen molar-refractivity contribution in [2.45, 2.75) is 0 Å². The first-order valence-corrected chi connectivity index (χ1v) is 17.1. The van der Waals surface area contributed by atoms with Crippen molar-refractivity contribution in [3.63, 3.8) is 0 Å². The van der Waals surface area contributed by atoms with Gasteiger partial charge in [0.05, 0.1) is 33.9 Å². The van der Waals surface area contributed by atoms with Crippen molar-refractivity contribution in [2.75, 3.05) is 0 Å². The molecule has 51 heavy (non-hydrogen) atoms. The van der Waals surface area contributed by atoms with Gasteiger partial charge < -0.3 is 14.4 Å². The molecule has 0 amide bonds. The molecule has 0 saturated heterocycles.